The number of nitrogens with one attached hydrogen (secondary N) is 1. The molecule has 0 saturated heterocycles. The van der Waals surface area contributed by atoms with Gasteiger partial charge in [-0.05, 0) is 44.9 Å². The van der Waals surface area contributed by atoms with Crippen LogP contribution in [0.4, 0.5) is 0 Å². The first-order chi connectivity index (χ1) is 32.0. The molecule has 0 fully saturated rings. The molecule has 3 N–H and O–H groups in total. The first-order valence-corrected chi connectivity index (χ1v) is 30.2. The summed E-state index contributed by atoms with van der Waals surface area (Å²) in [4.78, 5) is 23.2. The summed E-state index contributed by atoms with van der Waals surface area (Å²) in [5, 5.41) is 13.9. The Kier molecular flexibility index (Phi) is 48.2. The number of quaternary nitrogens is 1. The van der Waals surface area contributed by atoms with Gasteiger partial charge in [-0.1, -0.05) is 256 Å². The molecule has 392 valence electrons. The molecule has 0 aliphatic heterocycles. The summed E-state index contributed by atoms with van der Waals surface area (Å²) in [6.45, 7) is 4.88. The number of hydrogen-bond donors (Lipinski definition) is 3. The van der Waals surface area contributed by atoms with Gasteiger partial charge in [0.25, 0.3) is 0 Å². The second kappa shape index (κ2) is 49.0. The Hall–Kier alpha value is -1.02. The number of carbonyl (C=O) groups is 1. The highest BCUT2D eigenvalue weighted by atomic mass is 31.2. The van der Waals surface area contributed by atoms with Crippen molar-refractivity contribution in [2.45, 2.75) is 296 Å². The Bertz CT molecular complexity index is 1130. The molecule has 66 heavy (non-hydrogen) atoms. The van der Waals surface area contributed by atoms with Gasteiger partial charge in [-0.2, -0.15) is 0 Å². The molecule has 0 spiro atoms. The van der Waals surface area contributed by atoms with Crippen molar-refractivity contribution in [2.24, 2.45) is 0 Å². The van der Waals surface area contributed by atoms with Crippen molar-refractivity contribution in [3.63, 3.8) is 0 Å². The quantitative estimate of drug-likeness (QED) is 0.0243. The number of unbranched alkanes of at least 4 members (excludes halogenated alkanes) is 36. The summed E-state index contributed by atoms with van der Waals surface area (Å²) in [6, 6.07) is -0.755. The third kappa shape index (κ3) is 50.8. The van der Waals surface area contributed by atoms with Crippen molar-refractivity contribution < 1.29 is 32.9 Å². The van der Waals surface area contributed by atoms with E-state index in [2.05, 4.69) is 43.5 Å². The predicted molar refractivity (Wildman–Crippen MR) is 286 cm³/mol. The molecule has 0 saturated carbocycles. The van der Waals surface area contributed by atoms with Gasteiger partial charge in [0, 0.05) is 6.42 Å². The normalized spacial score (nSPS) is 14.1. The van der Waals surface area contributed by atoms with E-state index in [9.17, 15) is 19.4 Å². The number of likely N-dealkylation sites (N-methyl/N-ethyl adjacent to an activating group) is 1. The smallest absolute Gasteiger partial charge is 0.391 e. The largest absolute Gasteiger partial charge is 0.472 e. The fourth-order valence-electron chi connectivity index (χ4n) is 8.67. The van der Waals surface area contributed by atoms with Gasteiger partial charge in [0.2, 0.25) is 5.91 Å². The Morgan fingerprint density at radius 3 is 1.24 bits per heavy atom. The van der Waals surface area contributed by atoms with Gasteiger partial charge in [0.1, 0.15) is 13.2 Å². The average Bonchev–Trinajstić information content (AvgIpc) is 3.28. The molecule has 0 aliphatic rings. The molecule has 0 aliphatic carbocycles. The molecular weight excluding hydrogens is 840 g/mol. The summed E-state index contributed by atoms with van der Waals surface area (Å²) in [5.41, 5.74) is 0. The van der Waals surface area contributed by atoms with Crippen LogP contribution in [0.1, 0.15) is 284 Å². The Balaban J connectivity index is 3.83. The summed E-state index contributed by atoms with van der Waals surface area (Å²) in [5.74, 6) is -0.142. The molecule has 0 aromatic rings. The van der Waals surface area contributed by atoms with E-state index in [4.69, 9.17) is 9.05 Å². The molecule has 0 aromatic carbocycles. The maximum atomic E-state index is 12.9. The van der Waals surface area contributed by atoms with E-state index in [1.165, 1.54) is 212 Å². The van der Waals surface area contributed by atoms with Crippen LogP contribution in [-0.2, 0) is 18.4 Å². The van der Waals surface area contributed by atoms with E-state index in [0.29, 0.717) is 23.9 Å². The van der Waals surface area contributed by atoms with Crippen LogP contribution in [0.25, 0.3) is 0 Å². The van der Waals surface area contributed by atoms with Crippen LogP contribution in [0, 0.1) is 0 Å². The van der Waals surface area contributed by atoms with Crippen LogP contribution >= 0.6 is 7.82 Å². The highest BCUT2D eigenvalue weighted by Crippen LogP contribution is 2.43. The fourth-order valence-corrected chi connectivity index (χ4v) is 9.40. The minimum atomic E-state index is -4.31. The zero-order valence-corrected chi connectivity index (χ0v) is 45.6. The van der Waals surface area contributed by atoms with Crippen molar-refractivity contribution in [1.29, 1.82) is 0 Å². The number of hydrogen-bond acceptors (Lipinski definition) is 5. The highest BCUT2D eigenvalue weighted by molar-refractivity contribution is 7.47. The van der Waals surface area contributed by atoms with Gasteiger partial charge in [-0.15, -0.1) is 0 Å². The number of carbonyl (C=O) groups excluding carboxylic acids is 1. The van der Waals surface area contributed by atoms with Crippen LogP contribution < -0.4 is 5.32 Å². The second-order valence-electron chi connectivity index (χ2n) is 21.0. The van der Waals surface area contributed by atoms with Gasteiger partial charge >= 0.3 is 7.82 Å². The molecule has 0 bridgehead atoms. The minimum absolute atomic E-state index is 0.0769. The van der Waals surface area contributed by atoms with Crippen molar-refractivity contribution in [3.8, 4) is 0 Å². The number of allylic oxidation sites excluding steroid dienone is 4. The van der Waals surface area contributed by atoms with Gasteiger partial charge in [0.05, 0.1) is 39.9 Å². The lowest BCUT2D eigenvalue weighted by molar-refractivity contribution is -0.870. The van der Waals surface area contributed by atoms with Crippen LogP contribution in [-0.4, -0.2) is 73.4 Å². The SMILES string of the molecule is CCCCCCC/C=C\C/C=C\CCCCCCCCCCCCCCCCCCCCCCCCCC(=O)NC(COP(=O)(O)OCC[N+](C)(C)C)C(O)CCCCCCCCCCC. The maximum Gasteiger partial charge on any atom is 0.472 e. The van der Waals surface area contributed by atoms with Crippen molar-refractivity contribution in [3.05, 3.63) is 24.3 Å². The van der Waals surface area contributed by atoms with Gasteiger partial charge in [-0.25, -0.2) is 4.57 Å². The van der Waals surface area contributed by atoms with Gasteiger partial charge in [0.15, 0.2) is 0 Å². The fraction of sp³-hybridized carbons (Fsp3) is 0.912. The topological polar surface area (TPSA) is 105 Å². The third-order valence-electron chi connectivity index (χ3n) is 13.2. The summed E-state index contributed by atoms with van der Waals surface area (Å²) in [6.07, 6.45) is 61.3. The molecule has 0 radical (unpaired) electrons. The molecule has 0 rings (SSSR count). The van der Waals surface area contributed by atoms with E-state index in [1.807, 2.05) is 21.1 Å². The van der Waals surface area contributed by atoms with Crippen molar-refractivity contribution in [1.82, 2.24) is 5.32 Å². The Morgan fingerprint density at radius 2 is 0.864 bits per heavy atom. The molecule has 3 atom stereocenters. The van der Waals surface area contributed by atoms with Gasteiger partial charge < -0.3 is 19.8 Å². The van der Waals surface area contributed by atoms with E-state index < -0.39 is 20.0 Å². The molecule has 8 nitrogen and oxygen atoms in total. The number of amides is 1. The second-order valence-corrected chi connectivity index (χ2v) is 22.5. The summed E-state index contributed by atoms with van der Waals surface area (Å²) in [7, 11) is 1.63. The summed E-state index contributed by atoms with van der Waals surface area (Å²) >= 11 is 0. The molecule has 0 aromatic heterocycles. The van der Waals surface area contributed by atoms with Crippen molar-refractivity contribution >= 4 is 13.7 Å². The van der Waals surface area contributed by atoms with E-state index in [1.54, 1.807) is 0 Å². The monoisotopic (exact) mass is 954 g/mol. The number of aliphatic hydroxyl groups excluding tert-OH is 1. The zero-order valence-electron chi connectivity index (χ0n) is 44.7. The lowest BCUT2D eigenvalue weighted by atomic mass is 10.0. The average molecular weight is 955 g/mol. The van der Waals surface area contributed by atoms with Crippen LogP contribution in [0.15, 0.2) is 24.3 Å². The highest BCUT2D eigenvalue weighted by Gasteiger charge is 2.28. The molecule has 9 heteroatoms. The standard InChI is InChI=1S/C57H113N2O6P/c1-6-8-10-12-14-16-17-18-19-20-21-22-23-24-25-26-27-28-29-30-31-32-33-34-35-36-37-38-39-40-41-43-45-47-49-51-57(61)58-55(54-65-66(62,63)64-53-52-59(3,4)5)56(60)50-48-46-44-42-15-13-11-9-7-2/h17-18,20-21,55-56,60H,6-16,19,22-54H2,1-5H3,(H-,58,61,62,63)/p+1/b18-17-,21-20-. The summed E-state index contributed by atoms with van der Waals surface area (Å²) < 4.78 is 23.6. The maximum absolute atomic E-state index is 12.9. The first kappa shape index (κ1) is 65.0. The number of phosphoric ester groups is 1. The van der Waals surface area contributed by atoms with E-state index in [-0.39, 0.29) is 19.1 Å². The number of aliphatic hydroxyl groups is 1. The third-order valence-corrected chi connectivity index (χ3v) is 14.2. The minimum Gasteiger partial charge on any atom is -0.391 e. The zero-order chi connectivity index (χ0) is 48.5. The lowest BCUT2D eigenvalue weighted by Gasteiger charge is -2.26. The van der Waals surface area contributed by atoms with E-state index in [0.717, 1.165) is 44.9 Å². The first-order valence-electron chi connectivity index (χ1n) is 28.7. The predicted octanol–water partition coefficient (Wildman–Crippen LogP) is 17.2. The van der Waals surface area contributed by atoms with Crippen molar-refractivity contribution in [2.75, 3.05) is 40.9 Å². The lowest BCUT2D eigenvalue weighted by Crippen LogP contribution is -2.46. The van der Waals surface area contributed by atoms with Crippen LogP contribution in [0.5, 0.6) is 0 Å². The molecule has 1 amide bonds. The Morgan fingerprint density at radius 1 is 0.515 bits per heavy atom. The molecular formula is C57H114N2O6P+. The Labute approximate surface area is 411 Å². The number of nitrogens with zero attached hydrogens (tertiary/aromatic N) is 1. The van der Waals surface area contributed by atoms with Gasteiger partial charge in [-0.3, -0.25) is 13.8 Å². The number of rotatable bonds is 53. The molecule has 0 heterocycles. The molecule has 3 unspecified atom stereocenters. The van der Waals surface area contributed by atoms with Crippen LogP contribution in [0.3, 0.4) is 0 Å². The van der Waals surface area contributed by atoms with Crippen LogP contribution in [0.2, 0.25) is 0 Å². The van der Waals surface area contributed by atoms with E-state index >= 15 is 0 Å². The number of phosphoric acid groups is 1.